The molecule has 6 nitrogen and oxygen atoms in total. The fourth-order valence-electron chi connectivity index (χ4n) is 5.05. The Morgan fingerprint density at radius 1 is 1.09 bits per heavy atom. The summed E-state index contributed by atoms with van der Waals surface area (Å²) in [5.74, 6) is 0.715. The number of hydrogen-bond donors (Lipinski definition) is 2. The van der Waals surface area contributed by atoms with Crippen LogP contribution in [0.25, 0.3) is 0 Å². The maximum atomic E-state index is 13.3. The van der Waals surface area contributed by atoms with Crippen molar-refractivity contribution in [2.75, 3.05) is 18.4 Å². The van der Waals surface area contributed by atoms with Gasteiger partial charge in [-0.05, 0) is 44.4 Å². The lowest BCUT2D eigenvalue weighted by Crippen LogP contribution is -2.55. The fraction of sp³-hybridized carbons (Fsp3) is 0.522. The summed E-state index contributed by atoms with van der Waals surface area (Å²) in [4.78, 5) is 32.9. The van der Waals surface area contributed by atoms with Crippen molar-refractivity contribution in [2.45, 2.75) is 63.3 Å². The summed E-state index contributed by atoms with van der Waals surface area (Å²) in [6.45, 7) is 11.6. The Bertz CT molecular complexity index is 1030. The summed E-state index contributed by atoms with van der Waals surface area (Å²) >= 11 is 12.5. The van der Waals surface area contributed by atoms with Gasteiger partial charge in [-0.15, -0.1) is 0 Å². The molecule has 1 aromatic carbocycles. The second kappa shape index (κ2) is 7.89. The zero-order valence-electron chi connectivity index (χ0n) is 19.2. The van der Waals surface area contributed by atoms with E-state index in [1.165, 1.54) is 0 Å². The van der Waals surface area contributed by atoms with Crippen LogP contribution < -0.4 is 10.6 Å². The first-order valence-electron chi connectivity index (χ1n) is 11.0. The summed E-state index contributed by atoms with van der Waals surface area (Å²) in [6.07, 6.45) is 3.00. The minimum Gasteiger partial charge on any atom is -0.311 e. The number of amides is 3. The van der Waals surface area contributed by atoms with Gasteiger partial charge in [-0.1, -0.05) is 55.3 Å². The van der Waals surface area contributed by atoms with E-state index >= 15 is 0 Å². The lowest BCUT2D eigenvalue weighted by molar-refractivity contribution is -0.125. The molecule has 1 saturated carbocycles. The zero-order chi connectivity index (χ0) is 23.5. The minimum atomic E-state index is -1.69. The average molecular weight is 494 g/mol. The van der Waals surface area contributed by atoms with Crippen LogP contribution in [0, 0.1) is 0 Å². The Hall–Kier alpha value is -1.83. The van der Waals surface area contributed by atoms with Crippen LogP contribution in [0.15, 0.2) is 34.3 Å². The highest BCUT2D eigenvalue weighted by atomic mass is 35.5. The molecule has 0 aromatic heterocycles. The third-order valence-corrected chi connectivity index (χ3v) is 11.8. The maximum absolute atomic E-state index is 13.3. The monoisotopic (exact) mass is 492 g/mol. The quantitative estimate of drug-likeness (QED) is 0.530. The van der Waals surface area contributed by atoms with Gasteiger partial charge in [-0.25, -0.2) is 4.79 Å². The molecule has 2 heterocycles. The second-order valence-corrected chi connectivity index (χ2v) is 16.7. The Labute approximate surface area is 200 Å². The predicted octanol–water partition coefficient (Wildman–Crippen LogP) is 5.71. The lowest BCUT2D eigenvalue weighted by Gasteiger charge is -2.49. The minimum absolute atomic E-state index is 0.0963. The number of rotatable bonds is 3. The summed E-state index contributed by atoms with van der Waals surface area (Å²) in [5, 5.41) is 6.55. The number of urea groups is 1. The van der Waals surface area contributed by atoms with E-state index in [4.69, 9.17) is 23.2 Å². The first-order chi connectivity index (χ1) is 14.9. The zero-order valence-corrected chi connectivity index (χ0v) is 21.7. The standard InChI is InChI=1S/C23H30Cl2N4O2Si/c1-22(2)15-12-26-19(28-20(30)23(10-7-11-23)32(3,4)5)14(15)13-29(22)21(31)27-18-16(24)8-6-9-17(18)25/h6,8-9H,7,10-13H2,1-5H3,(H,27,31)(H,26,28,30). The van der Waals surface area contributed by atoms with E-state index in [1.807, 2.05) is 13.8 Å². The molecule has 1 aliphatic carbocycles. The highest BCUT2D eigenvalue weighted by Gasteiger charge is 2.54. The molecule has 32 heavy (non-hydrogen) atoms. The molecule has 172 valence electrons. The third-order valence-electron chi connectivity index (χ3n) is 7.52. The average Bonchev–Trinajstić information content (AvgIpc) is 3.14. The van der Waals surface area contributed by atoms with Gasteiger partial charge in [0.05, 0.1) is 42.4 Å². The second-order valence-electron chi connectivity index (χ2n) is 10.4. The molecule has 2 N–H and O–H groups in total. The van der Waals surface area contributed by atoms with Crippen LogP contribution >= 0.6 is 23.2 Å². The van der Waals surface area contributed by atoms with Crippen LogP contribution in [0.5, 0.6) is 0 Å². The molecule has 0 spiro atoms. The van der Waals surface area contributed by atoms with Crippen molar-refractivity contribution < 1.29 is 9.59 Å². The number of nitrogens with zero attached hydrogens (tertiary/aromatic N) is 2. The van der Waals surface area contributed by atoms with Crippen molar-refractivity contribution in [1.29, 1.82) is 0 Å². The van der Waals surface area contributed by atoms with E-state index in [0.29, 0.717) is 34.7 Å². The maximum Gasteiger partial charge on any atom is 0.322 e. The van der Waals surface area contributed by atoms with Gasteiger partial charge in [0.15, 0.2) is 0 Å². The van der Waals surface area contributed by atoms with E-state index in [9.17, 15) is 9.59 Å². The number of para-hydroxylation sites is 1. The Morgan fingerprint density at radius 2 is 1.72 bits per heavy atom. The Balaban J connectivity index is 1.52. The van der Waals surface area contributed by atoms with Gasteiger partial charge in [-0.3, -0.25) is 9.79 Å². The van der Waals surface area contributed by atoms with Gasteiger partial charge in [0.2, 0.25) is 5.91 Å². The number of benzene rings is 1. The number of carbonyl (C=O) groups excluding carboxylic acids is 2. The van der Waals surface area contributed by atoms with Crippen molar-refractivity contribution in [3.63, 3.8) is 0 Å². The summed E-state index contributed by atoms with van der Waals surface area (Å²) in [6, 6.07) is 4.82. The first kappa shape index (κ1) is 23.3. The predicted molar refractivity (Wildman–Crippen MR) is 134 cm³/mol. The number of amidine groups is 1. The van der Waals surface area contributed by atoms with Gasteiger partial charge in [0.25, 0.3) is 0 Å². The van der Waals surface area contributed by atoms with Crippen LogP contribution in [-0.4, -0.2) is 49.4 Å². The first-order valence-corrected chi connectivity index (χ1v) is 15.3. The lowest BCUT2D eigenvalue weighted by atomic mass is 9.83. The molecule has 1 aromatic rings. The Kier molecular flexibility index (Phi) is 5.75. The molecular weight excluding hydrogens is 463 g/mol. The van der Waals surface area contributed by atoms with Crippen LogP contribution in [0.3, 0.4) is 0 Å². The van der Waals surface area contributed by atoms with Crippen molar-refractivity contribution >= 4 is 54.7 Å². The molecule has 0 bridgehead atoms. The number of anilines is 1. The fourth-order valence-corrected chi connectivity index (χ4v) is 8.14. The number of aliphatic imine (C=N–C) groups is 1. The van der Waals surface area contributed by atoms with Gasteiger partial charge < -0.3 is 15.5 Å². The number of carbonyl (C=O) groups is 2. The van der Waals surface area contributed by atoms with E-state index in [-0.39, 0.29) is 17.0 Å². The molecule has 9 heteroatoms. The molecule has 1 fully saturated rings. The van der Waals surface area contributed by atoms with Crippen molar-refractivity contribution in [3.05, 3.63) is 39.4 Å². The molecule has 3 aliphatic rings. The van der Waals surface area contributed by atoms with E-state index in [1.54, 1.807) is 23.1 Å². The van der Waals surface area contributed by atoms with Crippen LogP contribution in [-0.2, 0) is 4.79 Å². The molecule has 2 aliphatic heterocycles. The molecule has 0 unspecified atom stereocenters. The highest BCUT2D eigenvalue weighted by molar-refractivity contribution is 6.82. The molecule has 0 radical (unpaired) electrons. The van der Waals surface area contributed by atoms with Crippen molar-refractivity contribution in [2.24, 2.45) is 4.99 Å². The smallest absolute Gasteiger partial charge is 0.311 e. The molecule has 0 saturated heterocycles. The van der Waals surface area contributed by atoms with Gasteiger partial charge in [-0.2, -0.15) is 0 Å². The molecule has 3 amide bonds. The van der Waals surface area contributed by atoms with Crippen LogP contribution in [0.2, 0.25) is 34.7 Å². The van der Waals surface area contributed by atoms with Crippen LogP contribution in [0.1, 0.15) is 33.1 Å². The largest absolute Gasteiger partial charge is 0.322 e. The molecule has 0 atom stereocenters. The number of halogens is 2. The summed E-state index contributed by atoms with van der Waals surface area (Å²) < 4.78 is 0. The van der Waals surface area contributed by atoms with E-state index in [2.05, 4.69) is 35.3 Å². The van der Waals surface area contributed by atoms with Gasteiger partial charge in [0.1, 0.15) is 5.84 Å². The summed E-state index contributed by atoms with van der Waals surface area (Å²) in [7, 11) is -1.69. The van der Waals surface area contributed by atoms with Crippen molar-refractivity contribution in [3.8, 4) is 0 Å². The van der Waals surface area contributed by atoms with Crippen LogP contribution in [0.4, 0.5) is 10.5 Å². The Morgan fingerprint density at radius 3 is 2.25 bits per heavy atom. The number of nitrogens with one attached hydrogen (secondary N) is 2. The SMILES string of the molecule is CC1(C)C2=C(CN1C(=O)Nc1c(Cl)cccc1Cl)C(NC(=O)C1([Si](C)(C)C)CCC1)=NC2. The van der Waals surface area contributed by atoms with Gasteiger partial charge >= 0.3 is 6.03 Å². The van der Waals surface area contributed by atoms with E-state index < -0.39 is 13.6 Å². The highest BCUT2D eigenvalue weighted by Crippen LogP contribution is 2.55. The van der Waals surface area contributed by atoms with E-state index in [0.717, 1.165) is 30.4 Å². The van der Waals surface area contributed by atoms with Crippen molar-refractivity contribution in [1.82, 2.24) is 10.2 Å². The normalized spacial score (nSPS) is 21.1. The summed E-state index contributed by atoms with van der Waals surface area (Å²) in [5.41, 5.74) is 1.85. The van der Waals surface area contributed by atoms with Gasteiger partial charge in [0, 0.05) is 10.6 Å². The topological polar surface area (TPSA) is 73.8 Å². The molecular formula is C23H30Cl2N4O2Si. The molecule has 4 rings (SSSR count). The third kappa shape index (κ3) is 3.58. The number of hydrogen-bond acceptors (Lipinski definition) is 3.